The van der Waals surface area contributed by atoms with Crippen molar-refractivity contribution < 1.29 is 19.4 Å². The van der Waals surface area contributed by atoms with Crippen LogP contribution in [-0.4, -0.2) is 22.9 Å². The first kappa shape index (κ1) is 18.9. The van der Waals surface area contributed by atoms with Gasteiger partial charge in [0.15, 0.2) is 0 Å². The summed E-state index contributed by atoms with van der Waals surface area (Å²) < 4.78 is 5.05. The van der Waals surface area contributed by atoms with Crippen LogP contribution in [0.2, 0.25) is 5.02 Å². The molecule has 2 aromatic carbocycles. The first-order valence-electron chi connectivity index (χ1n) is 7.07. The molecule has 0 aromatic heterocycles. The lowest BCUT2D eigenvalue weighted by molar-refractivity contribution is -0.384. The van der Waals surface area contributed by atoms with E-state index in [1.54, 1.807) is 0 Å². The van der Waals surface area contributed by atoms with Crippen LogP contribution in [0.5, 0.6) is 5.75 Å². The van der Waals surface area contributed by atoms with Crippen LogP contribution in [0.4, 0.5) is 17.1 Å². The summed E-state index contributed by atoms with van der Waals surface area (Å²) >= 11 is 5.72. The first-order chi connectivity index (χ1) is 12.3. The van der Waals surface area contributed by atoms with Crippen molar-refractivity contribution in [2.75, 3.05) is 12.4 Å². The summed E-state index contributed by atoms with van der Waals surface area (Å²) in [5, 5.41) is 24.1. The molecule has 0 bridgehead atoms. The maximum absolute atomic E-state index is 12.0. The van der Waals surface area contributed by atoms with Gasteiger partial charge >= 0.3 is 0 Å². The number of halogens is 1. The molecule has 0 aliphatic heterocycles. The van der Waals surface area contributed by atoms with E-state index in [1.807, 2.05) is 0 Å². The van der Waals surface area contributed by atoms with Crippen molar-refractivity contribution in [3.8, 4) is 5.75 Å². The van der Waals surface area contributed by atoms with Crippen LogP contribution in [0.1, 0.15) is 5.56 Å². The van der Waals surface area contributed by atoms with Crippen molar-refractivity contribution >= 4 is 40.6 Å². The highest BCUT2D eigenvalue weighted by Gasteiger charge is 2.14. The Labute approximate surface area is 152 Å². The molecule has 0 atom stereocenters. The predicted octanol–water partition coefficient (Wildman–Crippen LogP) is 3.82. The van der Waals surface area contributed by atoms with Gasteiger partial charge in [0.05, 0.1) is 22.6 Å². The lowest BCUT2D eigenvalue weighted by atomic mass is 10.2. The number of rotatable bonds is 6. The average Bonchev–Trinajstić information content (AvgIpc) is 2.60. The quantitative estimate of drug-likeness (QED) is 0.463. The Balaban J connectivity index is 2.20. The normalized spacial score (nSPS) is 10.5. The molecule has 0 saturated heterocycles. The molecule has 134 valence electrons. The number of nitro benzene ring substituents is 2. The molecule has 0 heterocycles. The molecular formula is C16H12ClN3O6. The topological polar surface area (TPSA) is 125 Å². The zero-order valence-corrected chi connectivity index (χ0v) is 14.1. The minimum atomic E-state index is -0.631. The Morgan fingerprint density at radius 3 is 2.50 bits per heavy atom. The van der Waals surface area contributed by atoms with Gasteiger partial charge in [-0.2, -0.15) is 0 Å². The Bertz CT molecular complexity index is 913. The SMILES string of the molecule is COc1ccc([N+](=O)[O-])cc1NC(=O)/C=C/c1ccc(Cl)c([N+](=O)[O-])c1. The summed E-state index contributed by atoms with van der Waals surface area (Å²) in [6.07, 6.45) is 2.48. The van der Waals surface area contributed by atoms with E-state index in [2.05, 4.69) is 5.32 Å². The van der Waals surface area contributed by atoms with E-state index in [4.69, 9.17) is 16.3 Å². The van der Waals surface area contributed by atoms with Crippen LogP contribution < -0.4 is 10.1 Å². The molecule has 9 nitrogen and oxygen atoms in total. The Morgan fingerprint density at radius 2 is 1.88 bits per heavy atom. The van der Waals surface area contributed by atoms with Crippen molar-refractivity contribution in [2.24, 2.45) is 0 Å². The van der Waals surface area contributed by atoms with Gasteiger partial charge in [-0.15, -0.1) is 0 Å². The second kappa shape index (κ2) is 8.08. The molecule has 1 amide bonds. The largest absolute Gasteiger partial charge is 0.495 e. The molecule has 0 aliphatic rings. The van der Waals surface area contributed by atoms with Gasteiger partial charge in [-0.3, -0.25) is 25.0 Å². The number of nitro groups is 2. The van der Waals surface area contributed by atoms with Crippen molar-refractivity contribution in [1.29, 1.82) is 0 Å². The first-order valence-corrected chi connectivity index (χ1v) is 7.45. The van der Waals surface area contributed by atoms with E-state index in [1.165, 1.54) is 43.5 Å². The van der Waals surface area contributed by atoms with Gasteiger partial charge < -0.3 is 10.1 Å². The molecule has 1 N–H and O–H groups in total. The molecular weight excluding hydrogens is 366 g/mol. The maximum atomic E-state index is 12.0. The third-order valence-corrected chi connectivity index (χ3v) is 3.57. The number of nitrogens with zero attached hydrogens (tertiary/aromatic N) is 2. The van der Waals surface area contributed by atoms with Gasteiger partial charge in [-0.25, -0.2) is 0 Å². The van der Waals surface area contributed by atoms with Crippen LogP contribution in [0.3, 0.4) is 0 Å². The second-order valence-electron chi connectivity index (χ2n) is 4.93. The fraction of sp³-hybridized carbons (Fsp3) is 0.0625. The van der Waals surface area contributed by atoms with Crippen LogP contribution in [0.15, 0.2) is 42.5 Å². The number of hydrogen-bond donors (Lipinski definition) is 1. The van der Waals surface area contributed by atoms with E-state index in [-0.39, 0.29) is 27.8 Å². The lowest BCUT2D eigenvalue weighted by Crippen LogP contribution is -2.09. The fourth-order valence-corrected chi connectivity index (χ4v) is 2.21. The van der Waals surface area contributed by atoms with Gasteiger partial charge in [0, 0.05) is 24.3 Å². The molecule has 0 fully saturated rings. The van der Waals surface area contributed by atoms with Crippen LogP contribution in [0, 0.1) is 20.2 Å². The molecule has 0 unspecified atom stereocenters. The Hall–Kier alpha value is -3.46. The zero-order chi connectivity index (χ0) is 19.3. The zero-order valence-electron chi connectivity index (χ0n) is 13.3. The molecule has 2 aromatic rings. The van der Waals surface area contributed by atoms with Crippen molar-refractivity contribution in [1.82, 2.24) is 0 Å². The highest BCUT2D eigenvalue weighted by Crippen LogP contribution is 2.29. The summed E-state index contributed by atoms with van der Waals surface area (Å²) in [5.41, 5.74) is 0.0219. The number of ether oxygens (including phenoxy) is 1. The molecule has 0 spiro atoms. The third-order valence-electron chi connectivity index (χ3n) is 3.25. The van der Waals surface area contributed by atoms with Crippen LogP contribution in [0.25, 0.3) is 6.08 Å². The van der Waals surface area contributed by atoms with Gasteiger partial charge in [0.2, 0.25) is 5.91 Å². The van der Waals surface area contributed by atoms with E-state index < -0.39 is 15.8 Å². The number of carbonyl (C=O) groups excluding carboxylic acids is 1. The number of anilines is 1. The standard InChI is InChI=1S/C16H12ClN3O6/c1-26-15-6-4-11(19(22)23)9-13(15)18-16(21)7-3-10-2-5-12(17)14(8-10)20(24)25/h2-9H,1H3,(H,18,21)/b7-3+. The van der Waals surface area contributed by atoms with Crippen molar-refractivity contribution in [2.45, 2.75) is 0 Å². The van der Waals surface area contributed by atoms with Gasteiger partial charge in [0.1, 0.15) is 10.8 Å². The second-order valence-corrected chi connectivity index (χ2v) is 5.34. The Morgan fingerprint density at radius 1 is 1.15 bits per heavy atom. The fourth-order valence-electron chi connectivity index (χ4n) is 2.03. The summed E-state index contributed by atoms with van der Waals surface area (Å²) in [6, 6.07) is 7.85. The van der Waals surface area contributed by atoms with E-state index >= 15 is 0 Å². The number of nitrogens with one attached hydrogen (secondary N) is 1. The predicted molar refractivity (Wildman–Crippen MR) is 95.4 cm³/mol. The van der Waals surface area contributed by atoms with Gasteiger partial charge in [-0.1, -0.05) is 17.7 Å². The monoisotopic (exact) mass is 377 g/mol. The van der Waals surface area contributed by atoms with Gasteiger partial charge in [0.25, 0.3) is 11.4 Å². The van der Waals surface area contributed by atoms with Crippen LogP contribution >= 0.6 is 11.6 Å². The molecule has 10 heteroatoms. The van der Waals surface area contributed by atoms with Crippen LogP contribution in [-0.2, 0) is 4.79 Å². The minimum absolute atomic E-state index is 0.0158. The summed E-state index contributed by atoms with van der Waals surface area (Å²) in [4.78, 5) is 32.5. The minimum Gasteiger partial charge on any atom is -0.495 e. The molecule has 0 aliphatic carbocycles. The van der Waals surface area contributed by atoms with E-state index in [9.17, 15) is 25.0 Å². The molecule has 0 radical (unpaired) electrons. The maximum Gasteiger partial charge on any atom is 0.288 e. The number of carbonyl (C=O) groups is 1. The number of amides is 1. The van der Waals surface area contributed by atoms with Gasteiger partial charge in [-0.05, 0) is 23.8 Å². The number of benzene rings is 2. The van der Waals surface area contributed by atoms with Crippen molar-refractivity contribution in [3.63, 3.8) is 0 Å². The molecule has 2 rings (SSSR count). The Kier molecular flexibility index (Phi) is 5.86. The lowest BCUT2D eigenvalue weighted by Gasteiger charge is -2.08. The highest BCUT2D eigenvalue weighted by atomic mass is 35.5. The number of non-ortho nitro benzene ring substituents is 1. The highest BCUT2D eigenvalue weighted by molar-refractivity contribution is 6.32. The van der Waals surface area contributed by atoms with E-state index in [0.29, 0.717) is 5.56 Å². The smallest absolute Gasteiger partial charge is 0.288 e. The molecule has 26 heavy (non-hydrogen) atoms. The third kappa shape index (κ3) is 4.54. The number of hydrogen-bond acceptors (Lipinski definition) is 6. The number of methoxy groups -OCH3 is 1. The summed E-state index contributed by atoms with van der Waals surface area (Å²) in [6.45, 7) is 0. The van der Waals surface area contributed by atoms with Crippen molar-refractivity contribution in [3.05, 3.63) is 73.3 Å². The molecule has 0 saturated carbocycles. The average molecular weight is 378 g/mol. The van der Waals surface area contributed by atoms with E-state index in [0.717, 1.165) is 12.1 Å². The summed E-state index contributed by atoms with van der Waals surface area (Å²) in [5.74, 6) is -0.346. The summed E-state index contributed by atoms with van der Waals surface area (Å²) in [7, 11) is 1.36.